The molecule has 0 rings (SSSR count). The topological polar surface area (TPSA) is 43.4 Å². The van der Waals surface area contributed by atoms with Gasteiger partial charge < -0.3 is 4.74 Å². The first kappa shape index (κ1) is 9.84. The monoisotopic (exact) mass is 180 g/mol. The fourth-order valence-electron chi connectivity index (χ4n) is 0.302. The van der Waals surface area contributed by atoms with Gasteiger partial charge in [-0.05, 0) is 0 Å². The van der Waals surface area contributed by atoms with E-state index in [0.29, 0.717) is 5.75 Å². The van der Waals surface area contributed by atoms with E-state index in [-0.39, 0.29) is 12.2 Å². The highest BCUT2D eigenvalue weighted by molar-refractivity contribution is 7.81. The second kappa shape index (κ2) is 5.61. The Bertz CT molecular complexity index is 135. The zero-order valence-electron chi connectivity index (χ0n) is 5.24. The van der Waals surface area contributed by atoms with Crippen molar-refractivity contribution in [3.05, 3.63) is 0 Å². The standard InChI is InChI=1S/C5H8O3S2/c6-4(1-2-9)8-5(7)3-10/h9-10H,1-3H2. The Labute approximate surface area is 69.9 Å². The van der Waals surface area contributed by atoms with Crippen molar-refractivity contribution < 1.29 is 14.3 Å². The van der Waals surface area contributed by atoms with Crippen LogP contribution < -0.4 is 0 Å². The van der Waals surface area contributed by atoms with Crippen molar-refractivity contribution >= 4 is 37.2 Å². The van der Waals surface area contributed by atoms with Crippen molar-refractivity contribution in [1.82, 2.24) is 0 Å². The molecule has 0 saturated carbocycles. The van der Waals surface area contributed by atoms with E-state index in [1.54, 1.807) is 0 Å². The van der Waals surface area contributed by atoms with Crippen LogP contribution in [0.3, 0.4) is 0 Å². The molecule has 0 aliphatic heterocycles. The predicted octanol–water partition coefficient (Wildman–Crippen LogP) is 0.306. The average molecular weight is 180 g/mol. The summed E-state index contributed by atoms with van der Waals surface area (Å²) < 4.78 is 4.24. The molecule has 0 radical (unpaired) electrons. The van der Waals surface area contributed by atoms with Crippen molar-refractivity contribution in [2.75, 3.05) is 11.5 Å². The van der Waals surface area contributed by atoms with Crippen molar-refractivity contribution in [2.45, 2.75) is 6.42 Å². The van der Waals surface area contributed by atoms with Gasteiger partial charge in [0, 0.05) is 5.75 Å². The summed E-state index contributed by atoms with van der Waals surface area (Å²) in [7, 11) is 0. The lowest BCUT2D eigenvalue weighted by Gasteiger charge is -1.96. The Morgan fingerprint density at radius 3 is 2.20 bits per heavy atom. The van der Waals surface area contributed by atoms with Gasteiger partial charge in [-0.15, -0.1) is 0 Å². The zero-order chi connectivity index (χ0) is 7.98. The number of carbonyl (C=O) groups excluding carboxylic acids is 2. The van der Waals surface area contributed by atoms with E-state index in [2.05, 4.69) is 30.0 Å². The zero-order valence-corrected chi connectivity index (χ0v) is 7.03. The maximum atomic E-state index is 10.5. The van der Waals surface area contributed by atoms with Gasteiger partial charge in [0.1, 0.15) is 0 Å². The van der Waals surface area contributed by atoms with Gasteiger partial charge in [-0.2, -0.15) is 25.3 Å². The van der Waals surface area contributed by atoms with E-state index in [1.807, 2.05) is 0 Å². The van der Waals surface area contributed by atoms with Crippen LogP contribution >= 0.6 is 25.3 Å². The molecule has 10 heavy (non-hydrogen) atoms. The summed E-state index contributed by atoms with van der Waals surface area (Å²) in [5, 5.41) is 0. The molecule has 0 aliphatic carbocycles. The van der Waals surface area contributed by atoms with Crippen LogP contribution in [0.15, 0.2) is 0 Å². The Morgan fingerprint density at radius 1 is 1.20 bits per heavy atom. The summed E-state index contributed by atoms with van der Waals surface area (Å²) in [5.74, 6) is -0.846. The van der Waals surface area contributed by atoms with Gasteiger partial charge in [0.15, 0.2) is 0 Å². The number of rotatable bonds is 3. The van der Waals surface area contributed by atoms with Crippen LogP contribution in [0.5, 0.6) is 0 Å². The number of hydrogen-bond acceptors (Lipinski definition) is 5. The van der Waals surface area contributed by atoms with Gasteiger partial charge in [0.2, 0.25) is 0 Å². The van der Waals surface area contributed by atoms with Crippen molar-refractivity contribution in [3.63, 3.8) is 0 Å². The average Bonchev–Trinajstić information content (AvgIpc) is 1.88. The first-order valence-corrected chi connectivity index (χ1v) is 3.92. The molecule has 0 aromatic carbocycles. The summed E-state index contributed by atoms with van der Waals surface area (Å²) in [6.07, 6.45) is 0.155. The molecule has 5 heteroatoms. The fraction of sp³-hybridized carbons (Fsp3) is 0.600. The maximum Gasteiger partial charge on any atom is 0.323 e. The van der Waals surface area contributed by atoms with Crippen molar-refractivity contribution in [1.29, 1.82) is 0 Å². The molecule has 0 N–H and O–H groups in total. The summed E-state index contributed by atoms with van der Waals surface area (Å²) in [5.41, 5.74) is 0. The number of hydrogen-bond donors (Lipinski definition) is 2. The summed E-state index contributed by atoms with van der Waals surface area (Å²) >= 11 is 7.39. The molecule has 0 amide bonds. The van der Waals surface area contributed by atoms with Gasteiger partial charge >= 0.3 is 11.9 Å². The first-order chi connectivity index (χ1) is 4.70. The van der Waals surface area contributed by atoms with Crippen LogP contribution in [0.1, 0.15) is 6.42 Å². The lowest BCUT2D eigenvalue weighted by molar-refractivity contribution is -0.157. The predicted molar refractivity (Wildman–Crippen MR) is 43.4 cm³/mol. The van der Waals surface area contributed by atoms with E-state index in [1.165, 1.54) is 0 Å². The lowest BCUT2D eigenvalue weighted by Crippen LogP contribution is -2.13. The number of esters is 2. The van der Waals surface area contributed by atoms with Crippen LogP contribution in [0.2, 0.25) is 0 Å². The van der Waals surface area contributed by atoms with E-state index in [0.717, 1.165) is 0 Å². The van der Waals surface area contributed by atoms with E-state index in [4.69, 9.17) is 0 Å². The highest BCUT2D eigenvalue weighted by Crippen LogP contribution is 1.90. The smallest absolute Gasteiger partial charge is 0.323 e. The highest BCUT2D eigenvalue weighted by atomic mass is 32.1. The molecular formula is C5H8O3S2. The summed E-state index contributed by atoms with van der Waals surface area (Å²) in [6, 6.07) is 0. The fourth-order valence-corrected chi connectivity index (χ4v) is 0.549. The molecule has 0 aliphatic rings. The minimum absolute atomic E-state index is 0.0711. The van der Waals surface area contributed by atoms with Crippen molar-refractivity contribution in [3.8, 4) is 0 Å². The SMILES string of the molecule is O=C(CS)OC(=O)CCS. The number of carbonyl (C=O) groups is 2. The van der Waals surface area contributed by atoms with Crippen LogP contribution in [0.4, 0.5) is 0 Å². The molecule has 0 bridgehead atoms. The van der Waals surface area contributed by atoms with Crippen LogP contribution in [-0.4, -0.2) is 23.4 Å². The molecule has 0 heterocycles. The van der Waals surface area contributed by atoms with E-state index < -0.39 is 11.9 Å². The van der Waals surface area contributed by atoms with Gasteiger partial charge in [-0.3, -0.25) is 9.59 Å². The molecule has 3 nitrogen and oxygen atoms in total. The largest absolute Gasteiger partial charge is 0.393 e. The summed E-state index contributed by atoms with van der Waals surface area (Å²) in [4.78, 5) is 20.8. The third-order valence-electron chi connectivity index (χ3n) is 0.673. The van der Waals surface area contributed by atoms with Crippen molar-refractivity contribution in [2.24, 2.45) is 0 Å². The highest BCUT2D eigenvalue weighted by Gasteiger charge is 2.06. The van der Waals surface area contributed by atoms with Crippen LogP contribution in [0.25, 0.3) is 0 Å². The normalized spacial score (nSPS) is 9.00. The van der Waals surface area contributed by atoms with E-state index >= 15 is 0 Å². The number of ether oxygens (including phenoxy) is 1. The first-order valence-electron chi connectivity index (χ1n) is 2.66. The Hall–Kier alpha value is -0.160. The van der Waals surface area contributed by atoms with Gasteiger partial charge in [-0.25, -0.2) is 0 Å². The second-order valence-electron chi connectivity index (χ2n) is 1.48. The van der Waals surface area contributed by atoms with Gasteiger partial charge in [0.05, 0.1) is 12.2 Å². The Morgan fingerprint density at radius 2 is 1.80 bits per heavy atom. The maximum absolute atomic E-state index is 10.5. The quantitative estimate of drug-likeness (QED) is 0.373. The molecule has 0 aromatic heterocycles. The Kier molecular flexibility index (Phi) is 5.52. The molecular weight excluding hydrogens is 172 g/mol. The molecule has 0 spiro atoms. The van der Waals surface area contributed by atoms with Crippen LogP contribution in [0, 0.1) is 0 Å². The van der Waals surface area contributed by atoms with Crippen LogP contribution in [-0.2, 0) is 14.3 Å². The lowest BCUT2D eigenvalue weighted by atomic mass is 10.5. The molecule has 0 aromatic rings. The summed E-state index contributed by atoms with van der Waals surface area (Å²) in [6.45, 7) is 0. The molecule has 0 unspecified atom stereocenters. The molecule has 0 fully saturated rings. The molecule has 0 atom stereocenters. The molecule has 58 valence electrons. The van der Waals surface area contributed by atoms with Gasteiger partial charge in [0.25, 0.3) is 0 Å². The molecule has 0 saturated heterocycles. The Balaban J connectivity index is 3.47. The second-order valence-corrected chi connectivity index (χ2v) is 2.24. The minimum Gasteiger partial charge on any atom is -0.393 e. The third kappa shape index (κ3) is 4.69. The number of thiol groups is 2. The minimum atomic E-state index is -0.616. The van der Waals surface area contributed by atoms with E-state index in [9.17, 15) is 9.59 Å². The van der Waals surface area contributed by atoms with Gasteiger partial charge in [-0.1, -0.05) is 0 Å². The third-order valence-corrected chi connectivity index (χ3v) is 1.15.